The fourth-order valence-corrected chi connectivity index (χ4v) is 8.10. The SMILES string of the molecule is COc1c(Cl)cc(N2C(=O)C3(N)C4(N)C[C@H](F)CN4C4(c5cc(Cl)cc(Cl)c5NC4O)C3(N)C2=O)cc1Cl. The second-order valence-corrected chi connectivity index (χ2v) is 11.6. The number of nitrogens with zero attached hydrogens (tertiary/aromatic N) is 2. The number of alkyl halides is 1. The van der Waals surface area contributed by atoms with Gasteiger partial charge in [-0.2, -0.15) is 0 Å². The molecule has 8 N–H and O–H groups in total. The number of methoxy groups -OCH3 is 1. The lowest BCUT2D eigenvalue weighted by atomic mass is 9.64. The molecule has 3 fully saturated rings. The number of carbonyl (C=O) groups is 2. The molecule has 38 heavy (non-hydrogen) atoms. The van der Waals surface area contributed by atoms with E-state index in [2.05, 4.69) is 5.32 Å². The molecule has 0 aromatic heterocycles. The molecule has 0 aliphatic carbocycles. The molecule has 6 rings (SSSR count). The van der Waals surface area contributed by atoms with Gasteiger partial charge in [0.2, 0.25) is 0 Å². The minimum absolute atomic E-state index is 0.000213. The zero-order chi connectivity index (χ0) is 27.7. The largest absolute Gasteiger partial charge is 0.494 e. The van der Waals surface area contributed by atoms with Crippen molar-refractivity contribution in [2.75, 3.05) is 23.9 Å². The summed E-state index contributed by atoms with van der Waals surface area (Å²) >= 11 is 25.3. The van der Waals surface area contributed by atoms with Gasteiger partial charge >= 0.3 is 0 Å². The van der Waals surface area contributed by atoms with E-state index in [-0.39, 0.29) is 49.3 Å². The Hall–Kier alpha value is -1.93. The van der Waals surface area contributed by atoms with Gasteiger partial charge < -0.3 is 32.4 Å². The Balaban J connectivity index is 1.68. The van der Waals surface area contributed by atoms with Gasteiger partial charge in [0.25, 0.3) is 11.8 Å². The second kappa shape index (κ2) is 7.84. The van der Waals surface area contributed by atoms with Crippen LogP contribution < -0.4 is 32.2 Å². The molecule has 4 aliphatic rings. The third-order valence-electron chi connectivity index (χ3n) is 8.40. The Kier molecular flexibility index (Phi) is 5.42. The van der Waals surface area contributed by atoms with Crippen molar-refractivity contribution in [1.29, 1.82) is 0 Å². The number of benzene rings is 2. The lowest BCUT2D eigenvalue weighted by molar-refractivity contribution is -0.130. The Bertz CT molecular complexity index is 1440. The fraction of sp³-hybridized carbons (Fsp3) is 0.391. The van der Waals surface area contributed by atoms with Crippen molar-refractivity contribution in [2.45, 2.75) is 41.1 Å². The number of hydrogen-bond acceptors (Lipinski definition) is 9. The van der Waals surface area contributed by atoms with Crippen LogP contribution in [0.4, 0.5) is 15.8 Å². The molecular weight excluding hydrogens is 585 g/mol. The molecule has 4 aliphatic heterocycles. The predicted octanol–water partition coefficient (Wildman–Crippen LogP) is 1.93. The first kappa shape index (κ1) is 26.3. The summed E-state index contributed by atoms with van der Waals surface area (Å²) in [6.07, 6.45) is -3.70. The summed E-state index contributed by atoms with van der Waals surface area (Å²) in [6, 6.07) is 5.41. The summed E-state index contributed by atoms with van der Waals surface area (Å²) in [7, 11) is 1.35. The lowest BCUT2D eigenvalue weighted by Gasteiger charge is -2.46. The normalized spacial score (nSPS) is 37.6. The zero-order valence-corrected chi connectivity index (χ0v) is 22.6. The van der Waals surface area contributed by atoms with E-state index in [0.717, 1.165) is 0 Å². The third-order valence-corrected chi connectivity index (χ3v) is 9.47. The molecule has 6 atom stereocenters. The van der Waals surface area contributed by atoms with Crippen LogP contribution in [0.5, 0.6) is 5.75 Å². The predicted molar refractivity (Wildman–Crippen MR) is 140 cm³/mol. The highest BCUT2D eigenvalue weighted by atomic mass is 35.5. The molecule has 10 nitrogen and oxygen atoms in total. The number of nitrogens with one attached hydrogen (secondary N) is 1. The van der Waals surface area contributed by atoms with Crippen LogP contribution in [0.1, 0.15) is 12.0 Å². The van der Waals surface area contributed by atoms with E-state index in [1.807, 2.05) is 0 Å². The van der Waals surface area contributed by atoms with Gasteiger partial charge in [-0.3, -0.25) is 14.5 Å². The summed E-state index contributed by atoms with van der Waals surface area (Å²) in [6.45, 7) is -0.378. The van der Waals surface area contributed by atoms with Crippen LogP contribution >= 0.6 is 46.4 Å². The molecule has 2 amide bonds. The number of aliphatic hydroxyl groups excluding tert-OH is 1. The number of nitrogens with two attached hydrogens (primary N) is 3. The van der Waals surface area contributed by atoms with Crippen LogP contribution in [-0.2, 0) is 15.1 Å². The van der Waals surface area contributed by atoms with Crippen molar-refractivity contribution < 1.29 is 23.8 Å². The summed E-state index contributed by atoms with van der Waals surface area (Å²) in [4.78, 5) is 30.7. The highest BCUT2D eigenvalue weighted by molar-refractivity contribution is 6.39. The molecule has 0 radical (unpaired) electrons. The standard InChI is InChI=1S/C23H21Cl4FN6O4/c1-38-16-13(26)4-10(5-14(16)27)34-18(36)22(30)20(29)6-9(28)7-33(20)21(23(22,31)19(34)37)11-2-8(24)3-12(25)15(11)32-17(21)35/h2-5,9,17,32,35H,6-7,29-31H2,1H3/t9-,17?,20?,21?,22?,23?/m0/s1. The van der Waals surface area contributed by atoms with E-state index >= 15 is 4.39 Å². The maximum absolute atomic E-state index is 15.1. The monoisotopic (exact) mass is 604 g/mol. The molecule has 5 unspecified atom stereocenters. The van der Waals surface area contributed by atoms with Crippen LogP contribution in [0.2, 0.25) is 20.1 Å². The third kappa shape index (κ3) is 2.58. The number of carbonyl (C=O) groups excluding carboxylic acids is 2. The van der Waals surface area contributed by atoms with Crippen molar-refractivity contribution in [2.24, 2.45) is 17.2 Å². The lowest BCUT2D eigenvalue weighted by Crippen LogP contribution is -2.79. The first-order chi connectivity index (χ1) is 17.7. The summed E-state index contributed by atoms with van der Waals surface area (Å²) in [5.74, 6) is -1.92. The molecule has 2 aromatic rings. The second-order valence-electron chi connectivity index (χ2n) is 9.96. The van der Waals surface area contributed by atoms with Crippen molar-refractivity contribution in [3.8, 4) is 5.75 Å². The van der Waals surface area contributed by atoms with Crippen molar-refractivity contribution in [1.82, 2.24) is 4.90 Å². The van der Waals surface area contributed by atoms with Crippen molar-refractivity contribution in [3.63, 3.8) is 0 Å². The quantitative estimate of drug-likeness (QED) is 0.322. The number of anilines is 2. The van der Waals surface area contributed by atoms with Gasteiger partial charge in [-0.1, -0.05) is 46.4 Å². The van der Waals surface area contributed by atoms with Gasteiger partial charge in [0.05, 0.1) is 33.6 Å². The smallest absolute Gasteiger partial charge is 0.259 e. The van der Waals surface area contributed by atoms with E-state index in [0.29, 0.717) is 4.90 Å². The maximum Gasteiger partial charge on any atom is 0.259 e. The number of imide groups is 1. The number of hydrogen-bond donors (Lipinski definition) is 5. The first-order valence-electron chi connectivity index (χ1n) is 11.4. The van der Waals surface area contributed by atoms with Gasteiger partial charge in [-0.25, -0.2) is 9.29 Å². The van der Waals surface area contributed by atoms with E-state index < -0.39 is 52.9 Å². The highest BCUT2D eigenvalue weighted by Gasteiger charge is 2.91. The fourth-order valence-electron chi connectivity index (χ4n) is 6.93. The van der Waals surface area contributed by atoms with E-state index in [4.69, 9.17) is 68.3 Å². The Labute approximate surface area is 235 Å². The summed E-state index contributed by atoms with van der Waals surface area (Å²) < 4.78 is 20.3. The summed E-state index contributed by atoms with van der Waals surface area (Å²) in [5.41, 5.74) is 12.0. The van der Waals surface area contributed by atoms with Gasteiger partial charge in [0.1, 0.15) is 23.6 Å². The molecular formula is C23H21Cl4FN6O4. The summed E-state index contributed by atoms with van der Waals surface area (Å²) in [5, 5.41) is 14.7. The molecule has 0 bridgehead atoms. The molecule has 0 saturated carbocycles. The maximum atomic E-state index is 15.1. The Morgan fingerprint density at radius 1 is 1.03 bits per heavy atom. The van der Waals surface area contributed by atoms with Crippen LogP contribution in [0.15, 0.2) is 24.3 Å². The van der Waals surface area contributed by atoms with Crippen molar-refractivity contribution >= 4 is 69.6 Å². The molecule has 2 aromatic carbocycles. The van der Waals surface area contributed by atoms with Crippen LogP contribution in [0.3, 0.4) is 0 Å². The van der Waals surface area contributed by atoms with E-state index in [1.165, 1.54) is 36.3 Å². The van der Waals surface area contributed by atoms with Gasteiger partial charge in [0, 0.05) is 23.6 Å². The molecule has 3 saturated heterocycles. The minimum atomic E-state index is -2.45. The number of aliphatic hydroxyl groups is 1. The average molecular weight is 606 g/mol. The zero-order valence-electron chi connectivity index (χ0n) is 19.6. The Morgan fingerprint density at radius 3 is 2.24 bits per heavy atom. The van der Waals surface area contributed by atoms with Gasteiger partial charge in [0.15, 0.2) is 16.8 Å². The van der Waals surface area contributed by atoms with Crippen LogP contribution in [-0.4, -0.2) is 64.6 Å². The number of fused-ring (bicyclic) bond motifs is 7. The number of amides is 2. The molecule has 202 valence electrons. The minimum Gasteiger partial charge on any atom is -0.494 e. The average Bonchev–Trinajstić information content (AvgIpc) is 3.39. The number of halogens is 5. The topological polar surface area (TPSA) is 160 Å². The molecule has 15 heteroatoms. The van der Waals surface area contributed by atoms with Crippen molar-refractivity contribution in [3.05, 3.63) is 49.9 Å². The van der Waals surface area contributed by atoms with Gasteiger partial charge in [-0.15, -0.1) is 0 Å². The van der Waals surface area contributed by atoms with E-state index in [9.17, 15) is 14.7 Å². The number of rotatable bonds is 2. The van der Waals surface area contributed by atoms with Crippen LogP contribution in [0.25, 0.3) is 0 Å². The molecule has 4 heterocycles. The van der Waals surface area contributed by atoms with Gasteiger partial charge in [-0.05, 0) is 24.3 Å². The Morgan fingerprint density at radius 2 is 1.63 bits per heavy atom. The van der Waals surface area contributed by atoms with E-state index in [1.54, 1.807) is 0 Å². The number of ether oxygens (including phenoxy) is 1. The van der Waals surface area contributed by atoms with Crippen LogP contribution in [0, 0.1) is 0 Å². The first-order valence-corrected chi connectivity index (χ1v) is 12.9. The highest BCUT2D eigenvalue weighted by Crippen LogP contribution is 2.67. The molecule has 1 spiro atoms.